The minimum absolute atomic E-state index is 0.676. The Bertz CT molecular complexity index is 439. The van der Waals surface area contributed by atoms with Gasteiger partial charge in [-0.25, -0.2) is 4.79 Å². The lowest BCUT2D eigenvalue weighted by atomic mass is 10.4. The lowest BCUT2D eigenvalue weighted by Crippen LogP contribution is -2.47. The van der Waals surface area contributed by atoms with E-state index < -0.39 is 40.9 Å². The smallest absolute Gasteiger partial charge is 0.471 e. The molecule has 0 saturated heterocycles. The topological polar surface area (TPSA) is 64.6 Å². The predicted octanol–water partition coefficient (Wildman–Crippen LogP) is 2.78. The van der Waals surface area contributed by atoms with E-state index in [2.05, 4.69) is 0 Å². The van der Waals surface area contributed by atoms with E-state index in [1.54, 1.807) is 44.6 Å². The summed E-state index contributed by atoms with van der Waals surface area (Å²) in [6, 6.07) is 0. The largest absolute Gasteiger partial charge is 0.517 e. The summed E-state index contributed by atoms with van der Waals surface area (Å²) in [6.07, 6.45) is -4.33. The van der Waals surface area contributed by atoms with E-state index in [-0.39, 0.29) is 0 Å². The van der Waals surface area contributed by atoms with Crippen LogP contribution in [0.2, 0.25) is 39.3 Å². The molecule has 0 aromatic carbocycles. The van der Waals surface area contributed by atoms with Crippen molar-refractivity contribution in [1.82, 2.24) is 5.32 Å². The first kappa shape index (κ1) is 20.9. The predicted molar refractivity (Wildman–Crippen MR) is 81.0 cm³/mol. The summed E-state index contributed by atoms with van der Waals surface area (Å²) in [5.74, 6) is -2.80. The van der Waals surface area contributed by atoms with Gasteiger partial charge in [-0.1, -0.05) is 0 Å². The van der Waals surface area contributed by atoms with Gasteiger partial charge in [0, 0.05) is 6.08 Å². The van der Waals surface area contributed by atoms with Crippen molar-refractivity contribution in [2.45, 2.75) is 51.7 Å². The summed E-state index contributed by atoms with van der Waals surface area (Å²) < 4.78 is 47.4. The molecule has 0 bridgehead atoms. The number of carbonyl (C=O) groups excluding carboxylic acids is 2. The molecule has 128 valence electrons. The van der Waals surface area contributed by atoms with Gasteiger partial charge in [0.15, 0.2) is 8.32 Å². The second-order valence-electron chi connectivity index (χ2n) is 6.51. The number of rotatable bonds is 6. The molecule has 5 nitrogen and oxygen atoms in total. The molecule has 1 amide bonds. The molecule has 0 aromatic heterocycles. The zero-order valence-electron chi connectivity index (χ0n) is 13.5. The Morgan fingerprint density at radius 1 is 1.05 bits per heavy atom. The van der Waals surface area contributed by atoms with Gasteiger partial charge >= 0.3 is 18.1 Å². The molecule has 0 aromatic rings. The summed E-state index contributed by atoms with van der Waals surface area (Å²) in [4.78, 5) is 22.5. The number of nitrogens with one attached hydrogen (secondary N) is 1. The van der Waals surface area contributed by atoms with E-state index in [4.69, 9.17) is 8.85 Å². The Balaban J connectivity index is 4.95. The summed E-state index contributed by atoms with van der Waals surface area (Å²) in [5, 5.41) is 1.70. The summed E-state index contributed by atoms with van der Waals surface area (Å²) >= 11 is 0. The normalized spacial score (nSPS) is 14.8. The van der Waals surface area contributed by atoms with Gasteiger partial charge in [0.05, 0.1) is 0 Å². The van der Waals surface area contributed by atoms with Crippen LogP contribution in [0.5, 0.6) is 0 Å². The van der Waals surface area contributed by atoms with E-state index in [1.165, 1.54) is 0 Å². The van der Waals surface area contributed by atoms with Gasteiger partial charge in [-0.3, -0.25) is 4.79 Å². The number of carbonyl (C=O) groups is 2. The maximum atomic E-state index is 12.3. The Labute approximate surface area is 130 Å². The molecular weight excluding hydrogens is 335 g/mol. The molecule has 0 spiro atoms. The second-order valence-corrected chi connectivity index (χ2v) is 15.4. The standard InChI is InChI=1S/C12H22F3NO4Si2/c1-21(2,3)19-9(16-11(18)12(13,14)15)7-8-10(17)20-22(4,5)6/h7-9H,1-6H3,(H,16,18)/b8-7+. The van der Waals surface area contributed by atoms with E-state index in [0.29, 0.717) is 0 Å². The van der Waals surface area contributed by atoms with Crippen molar-refractivity contribution in [3.05, 3.63) is 12.2 Å². The van der Waals surface area contributed by atoms with E-state index in [9.17, 15) is 22.8 Å². The molecule has 0 saturated carbocycles. The van der Waals surface area contributed by atoms with Crippen LogP contribution >= 0.6 is 0 Å². The van der Waals surface area contributed by atoms with Gasteiger partial charge in [-0.05, 0) is 45.4 Å². The fraction of sp³-hybridized carbons (Fsp3) is 0.667. The van der Waals surface area contributed by atoms with Crippen LogP contribution in [0.25, 0.3) is 0 Å². The van der Waals surface area contributed by atoms with E-state index in [0.717, 1.165) is 12.2 Å². The van der Waals surface area contributed by atoms with Crippen molar-refractivity contribution in [3.63, 3.8) is 0 Å². The van der Waals surface area contributed by atoms with Crippen LogP contribution in [0, 0.1) is 0 Å². The first-order valence-electron chi connectivity index (χ1n) is 6.57. The highest BCUT2D eigenvalue weighted by Crippen LogP contribution is 2.16. The molecule has 22 heavy (non-hydrogen) atoms. The first-order chi connectivity index (χ1) is 9.60. The van der Waals surface area contributed by atoms with E-state index >= 15 is 0 Å². The molecule has 0 aliphatic carbocycles. The molecule has 10 heteroatoms. The van der Waals surface area contributed by atoms with Gasteiger partial charge < -0.3 is 14.2 Å². The fourth-order valence-corrected chi connectivity index (χ4v) is 2.78. The van der Waals surface area contributed by atoms with Crippen molar-refractivity contribution in [3.8, 4) is 0 Å². The monoisotopic (exact) mass is 357 g/mol. The molecule has 0 aliphatic heterocycles. The third-order valence-corrected chi connectivity index (χ3v) is 3.60. The number of alkyl halides is 3. The fourth-order valence-electron chi connectivity index (χ4n) is 1.21. The zero-order valence-corrected chi connectivity index (χ0v) is 15.5. The Hall–Kier alpha value is -1.14. The first-order valence-corrected chi connectivity index (χ1v) is 13.4. The summed E-state index contributed by atoms with van der Waals surface area (Å²) in [6.45, 7) is 10.6. The lowest BCUT2D eigenvalue weighted by molar-refractivity contribution is -0.175. The minimum Gasteiger partial charge on any atom is -0.517 e. The van der Waals surface area contributed by atoms with Crippen molar-refractivity contribution in [1.29, 1.82) is 0 Å². The highest BCUT2D eigenvalue weighted by molar-refractivity contribution is 6.71. The van der Waals surface area contributed by atoms with Crippen molar-refractivity contribution in [2.24, 2.45) is 0 Å². The maximum Gasteiger partial charge on any atom is 0.471 e. The molecule has 0 heterocycles. The molecular formula is C12H22F3NO4Si2. The van der Waals surface area contributed by atoms with Crippen LogP contribution < -0.4 is 5.32 Å². The SMILES string of the molecule is C[Si](C)(C)OC(=O)/C=C/C(NC(=O)C(F)(F)F)O[Si](C)(C)C. The van der Waals surface area contributed by atoms with Crippen molar-refractivity contribution >= 4 is 28.5 Å². The molecule has 0 rings (SSSR count). The van der Waals surface area contributed by atoms with Crippen LogP contribution in [-0.2, 0) is 18.4 Å². The second kappa shape index (κ2) is 7.42. The average molecular weight is 357 g/mol. The number of hydrogen-bond donors (Lipinski definition) is 1. The van der Waals surface area contributed by atoms with Gasteiger partial charge in [0.25, 0.3) is 0 Å². The highest BCUT2D eigenvalue weighted by Gasteiger charge is 2.40. The van der Waals surface area contributed by atoms with Crippen LogP contribution in [0.1, 0.15) is 0 Å². The molecule has 1 unspecified atom stereocenters. The van der Waals surface area contributed by atoms with Crippen LogP contribution in [0.15, 0.2) is 12.2 Å². The highest BCUT2D eigenvalue weighted by atomic mass is 28.4. The van der Waals surface area contributed by atoms with Crippen LogP contribution in [-0.4, -0.2) is 40.9 Å². The molecule has 1 atom stereocenters. The average Bonchev–Trinajstić information content (AvgIpc) is 2.19. The van der Waals surface area contributed by atoms with Gasteiger partial charge in [-0.2, -0.15) is 13.2 Å². The third kappa shape index (κ3) is 10.6. The third-order valence-electron chi connectivity index (χ3n) is 1.83. The Kier molecular flexibility index (Phi) is 7.04. The Morgan fingerprint density at radius 2 is 1.55 bits per heavy atom. The summed E-state index contributed by atoms with van der Waals surface area (Å²) in [7, 11) is -4.34. The molecule has 1 N–H and O–H groups in total. The number of amides is 1. The van der Waals surface area contributed by atoms with Crippen LogP contribution in [0.3, 0.4) is 0 Å². The van der Waals surface area contributed by atoms with Gasteiger partial charge in [-0.15, -0.1) is 0 Å². The minimum atomic E-state index is -5.02. The van der Waals surface area contributed by atoms with Gasteiger partial charge in [0.1, 0.15) is 6.23 Å². The van der Waals surface area contributed by atoms with Gasteiger partial charge in [0.2, 0.25) is 8.32 Å². The quantitative estimate of drug-likeness (QED) is 0.451. The number of hydrogen-bond acceptors (Lipinski definition) is 4. The summed E-state index contributed by atoms with van der Waals surface area (Å²) in [5.41, 5.74) is 0. The van der Waals surface area contributed by atoms with E-state index in [1.807, 2.05) is 0 Å². The zero-order chi connectivity index (χ0) is 17.8. The molecule has 0 fully saturated rings. The van der Waals surface area contributed by atoms with Crippen molar-refractivity contribution < 1.29 is 31.6 Å². The number of halogens is 3. The van der Waals surface area contributed by atoms with Crippen LogP contribution in [0.4, 0.5) is 13.2 Å². The van der Waals surface area contributed by atoms with Crippen molar-refractivity contribution in [2.75, 3.05) is 0 Å². The molecule has 0 aliphatic rings. The lowest BCUT2D eigenvalue weighted by Gasteiger charge is -2.25. The Morgan fingerprint density at radius 3 is 1.91 bits per heavy atom. The molecule has 0 radical (unpaired) electrons. The maximum absolute atomic E-state index is 12.3.